The summed E-state index contributed by atoms with van der Waals surface area (Å²) >= 11 is 0. The average molecular weight is 320 g/mol. The quantitative estimate of drug-likeness (QED) is 0.799. The third kappa shape index (κ3) is 4.10. The van der Waals surface area contributed by atoms with Crippen LogP contribution >= 0.6 is 0 Å². The minimum Gasteiger partial charge on any atom is -0.354 e. The molecular formula is C16H28N6O. The second kappa shape index (κ2) is 7.12. The van der Waals surface area contributed by atoms with E-state index in [2.05, 4.69) is 21.7 Å². The molecular weight excluding hydrogens is 292 g/mol. The van der Waals surface area contributed by atoms with Gasteiger partial charge in [-0.05, 0) is 13.8 Å². The number of hydrogen-bond acceptors (Lipinski definition) is 6. The zero-order valence-corrected chi connectivity index (χ0v) is 15.1. The van der Waals surface area contributed by atoms with E-state index in [0.29, 0.717) is 6.54 Å². The summed E-state index contributed by atoms with van der Waals surface area (Å²) < 4.78 is 0. The van der Waals surface area contributed by atoms with Crippen LogP contribution in [0.5, 0.6) is 0 Å². The van der Waals surface area contributed by atoms with Gasteiger partial charge >= 0.3 is 0 Å². The highest BCUT2D eigenvalue weighted by molar-refractivity contribution is 5.77. The molecule has 1 amide bonds. The molecule has 0 unspecified atom stereocenters. The number of carbonyl (C=O) groups excluding carboxylic acids is 1. The first-order valence-corrected chi connectivity index (χ1v) is 7.99. The van der Waals surface area contributed by atoms with Gasteiger partial charge in [-0.25, -0.2) is 4.98 Å². The largest absolute Gasteiger partial charge is 0.354 e. The van der Waals surface area contributed by atoms with E-state index < -0.39 is 0 Å². The molecule has 0 aliphatic carbocycles. The molecule has 2 rings (SSSR count). The second-order valence-corrected chi connectivity index (χ2v) is 6.50. The van der Waals surface area contributed by atoms with Crippen molar-refractivity contribution >= 4 is 17.7 Å². The van der Waals surface area contributed by atoms with E-state index in [0.717, 1.165) is 49.2 Å². The molecule has 1 aliphatic rings. The molecule has 0 radical (unpaired) electrons. The van der Waals surface area contributed by atoms with Crippen molar-refractivity contribution in [3.8, 4) is 0 Å². The van der Waals surface area contributed by atoms with E-state index in [1.165, 1.54) is 0 Å². The third-order valence-corrected chi connectivity index (χ3v) is 4.28. The molecule has 1 aromatic rings. The lowest BCUT2D eigenvalue weighted by Gasteiger charge is -2.36. The molecule has 128 valence electrons. The monoisotopic (exact) mass is 320 g/mol. The minimum absolute atomic E-state index is 0.155. The van der Waals surface area contributed by atoms with Crippen LogP contribution in [0.15, 0.2) is 0 Å². The summed E-state index contributed by atoms with van der Waals surface area (Å²) in [5, 5.41) is 0. The fraction of sp³-hybridized carbons (Fsp3) is 0.688. The Morgan fingerprint density at radius 2 is 1.65 bits per heavy atom. The standard InChI is InChI=1S/C16H28N6O/c1-12-13(2)17-16(20(5)6)18-15(12)22-9-7-21(8-10-22)11-14(23)19(3)4/h7-11H2,1-6H3. The highest BCUT2D eigenvalue weighted by Gasteiger charge is 2.23. The van der Waals surface area contributed by atoms with Gasteiger partial charge in [0.25, 0.3) is 0 Å². The fourth-order valence-electron chi connectivity index (χ4n) is 2.56. The molecule has 0 saturated carbocycles. The van der Waals surface area contributed by atoms with Crippen molar-refractivity contribution in [1.29, 1.82) is 0 Å². The molecule has 0 bridgehead atoms. The van der Waals surface area contributed by atoms with Crippen LogP contribution in [0.1, 0.15) is 11.3 Å². The van der Waals surface area contributed by atoms with Gasteiger partial charge in [-0.1, -0.05) is 0 Å². The lowest BCUT2D eigenvalue weighted by molar-refractivity contribution is -0.129. The maximum Gasteiger partial charge on any atom is 0.236 e. The Morgan fingerprint density at radius 3 is 2.17 bits per heavy atom. The van der Waals surface area contributed by atoms with Gasteiger partial charge < -0.3 is 14.7 Å². The number of hydrogen-bond donors (Lipinski definition) is 0. The Hall–Kier alpha value is -1.89. The summed E-state index contributed by atoms with van der Waals surface area (Å²) in [5.74, 6) is 1.91. The van der Waals surface area contributed by atoms with Gasteiger partial charge in [0, 0.05) is 65.6 Å². The number of nitrogens with zero attached hydrogens (tertiary/aromatic N) is 6. The lowest BCUT2D eigenvalue weighted by atomic mass is 10.2. The summed E-state index contributed by atoms with van der Waals surface area (Å²) in [6, 6.07) is 0. The number of likely N-dealkylation sites (N-methyl/N-ethyl adjacent to an activating group) is 1. The Morgan fingerprint density at radius 1 is 1.04 bits per heavy atom. The second-order valence-electron chi connectivity index (χ2n) is 6.50. The molecule has 0 N–H and O–H groups in total. The maximum atomic E-state index is 11.8. The van der Waals surface area contributed by atoms with Crippen molar-refractivity contribution in [2.75, 3.05) is 70.7 Å². The Bertz CT molecular complexity index is 564. The Balaban J connectivity index is 2.07. The van der Waals surface area contributed by atoms with E-state index in [1.54, 1.807) is 19.0 Å². The lowest BCUT2D eigenvalue weighted by Crippen LogP contribution is -2.49. The van der Waals surface area contributed by atoms with Crippen LogP contribution in [0, 0.1) is 13.8 Å². The van der Waals surface area contributed by atoms with E-state index in [1.807, 2.05) is 25.9 Å². The molecule has 23 heavy (non-hydrogen) atoms. The SMILES string of the molecule is Cc1nc(N(C)C)nc(N2CCN(CC(=O)N(C)C)CC2)c1C. The zero-order valence-electron chi connectivity index (χ0n) is 15.1. The van der Waals surface area contributed by atoms with Crippen molar-refractivity contribution in [3.63, 3.8) is 0 Å². The molecule has 1 fully saturated rings. The molecule has 1 aliphatic heterocycles. The van der Waals surface area contributed by atoms with Gasteiger partial charge in [0.05, 0.1) is 6.54 Å². The number of rotatable bonds is 4. The highest BCUT2D eigenvalue weighted by Crippen LogP contribution is 2.23. The number of piperazine rings is 1. The zero-order chi connectivity index (χ0) is 17.1. The molecule has 7 nitrogen and oxygen atoms in total. The first-order chi connectivity index (χ1) is 10.8. The average Bonchev–Trinajstić information content (AvgIpc) is 2.50. The maximum absolute atomic E-state index is 11.8. The van der Waals surface area contributed by atoms with Crippen LogP contribution in [0.4, 0.5) is 11.8 Å². The third-order valence-electron chi connectivity index (χ3n) is 4.28. The summed E-state index contributed by atoms with van der Waals surface area (Å²) in [7, 11) is 7.51. The first-order valence-electron chi connectivity index (χ1n) is 7.99. The topological polar surface area (TPSA) is 55.8 Å². The van der Waals surface area contributed by atoms with Gasteiger partial charge in [0.15, 0.2) is 0 Å². The number of amides is 1. The molecule has 0 spiro atoms. The normalized spacial score (nSPS) is 15.7. The molecule has 0 atom stereocenters. The summed E-state index contributed by atoms with van der Waals surface area (Å²) in [6.45, 7) is 8.10. The summed E-state index contributed by atoms with van der Waals surface area (Å²) in [4.78, 5) is 29.2. The van der Waals surface area contributed by atoms with Crippen LogP contribution in [0.2, 0.25) is 0 Å². The van der Waals surface area contributed by atoms with Gasteiger partial charge in [0.2, 0.25) is 11.9 Å². The van der Waals surface area contributed by atoms with Crippen LogP contribution in [0.3, 0.4) is 0 Å². The van der Waals surface area contributed by atoms with Crippen LogP contribution in [-0.4, -0.2) is 86.6 Å². The van der Waals surface area contributed by atoms with E-state index in [4.69, 9.17) is 4.98 Å². The Kier molecular flexibility index (Phi) is 5.41. The van der Waals surface area contributed by atoms with E-state index >= 15 is 0 Å². The molecule has 2 heterocycles. The van der Waals surface area contributed by atoms with E-state index in [-0.39, 0.29) is 5.91 Å². The van der Waals surface area contributed by atoms with E-state index in [9.17, 15) is 4.79 Å². The smallest absolute Gasteiger partial charge is 0.236 e. The predicted molar refractivity (Wildman–Crippen MR) is 93.2 cm³/mol. The minimum atomic E-state index is 0.155. The highest BCUT2D eigenvalue weighted by atomic mass is 16.2. The predicted octanol–water partition coefficient (Wildman–Crippen LogP) is 0.370. The van der Waals surface area contributed by atoms with Crippen LogP contribution in [0.25, 0.3) is 0 Å². The molecule has 1 aromatic heterocycles. The van der Waals surface area contributed by atoms with Crippen molar-refractivity contribution in [3.05, 3.63) is 11.3 Å². The molecule has 0 aromatic carbocycles. The fourth-order valence-corrected chi connectivity index (χ4v) is 2.56. The summed E-state index contributed by atoms with van der Waals surface area (Å²) in [6.07, 6.45) is 0. The number of aryl methyl sites for hydroxylation is 1. The summed E-state index contributed by atoms with van der Waals surface area (Å²) in [5.41, 5.74) is 2.15. The van der Waals surface area contributed by atoms with Crippen molar-refractivity contribution in [2.45, 2.75) is 13.8 Å². The van der Waals surface area contributed by atoms with Gasteiger partial charge in [0.1, 0.15) is 5.82 Å². The molecule has 1 saturated heterocycles. The first kappa shape index (κ1) is 17.5. The van der Waals surface area contributed by atoms with Crippen molar-refractivity contribution in [2.24, 2.45) is 0 Å². The molecule has 7 heteroatoms. The van der Waals surface area contributed by atoms with Crippen LogP contribution in [-0.2, 0) is 4.79 Å². The van der Waals surface area contributed by atoms with Crippen LogP contribution < -0.4 is 9.80 Å². The van der Waals surface area contributed by atoms with Gasteiger partial charge in [-0.2, -0.15) is 4.98 Å². The number of aromatic nitrogens is 2. The Labute approximate surface area is 138 Å². The number of anilines is 2. The van der Waals surface area contributed by atoms with Gasteiger partial charge in [-0.15, -0.1) is 0 Å². The van der Waals surface area contributed by atoms with Crippen molar-refractivity contribution < 1.29 is 4.79 Å². The van der Waals surface area contributed by atoms with Gasteiger partial charge in [-0.3, -0.25) is 9.69 Å². The van der Waals surface area contributed by atoms with Crippen molar-refractivity contribution in [1.82, 2.24) is 19.8 Å². The number of carbonyl (C=O) groups is 1.